The fourth-order valence-corrected chi connectivity index (χ4v) is 12.5. The Morgan fingerprint density at radius 2 is 1.72 bits per heavy atom. The van der Waals surface area contributed by atoms with Gasteiger partial charge in [0.2, 0.25) is 17.7 Å². The number of likely N-dealkylation sites (tertiary alicyclic amines) is 2. The van der Waals surface area contributed by atoms with E-state index < -0.39 is 47.3 Å². The molecule has 3 aromatic carbocycles. The molecule has 0 spiro atoms. The lowest BCUT2D eigenvalue weighted by Gasteiger charge is -2.42. The molecule has 5 atom stereocenters. The van der Waals surface area contributed by atoms with Crippen LogP contribution in [0.3, 0.4) is 0 Å². The number of piperazine rings is 1. The Kier molecular flexibility index (Phi) is 19.7. The molecule has 2 aromatic heterocycles. The Hall–Kier alpha value is -6.80. The van der Waals surface area contributed by atoms with Crippen molar-refractivity contribution in [1.82, 2.24) is 40.3 Å². The molecule has 4 aliphatic rings. The van der Waals surface area contributed by atoms with Gasteiger partial charge in [-0.2, -0.15) is 15.2 Å². The molecule has 436 valence electrons. The Morgan fingerprint density at radius 1 is 0.951 bits per heavy atom. The molecule has 22 heteroatoms. The Labute approximate surface area is 487 Å². The number of nitrogens with zero attached hydrogens (tertiary/aromatic N) is 9. The number of β-amino-alcohol motifs (C(OH)–C–C–N with tert-alkyl or cyclic N) is 1. The molecule has 0 aliphatic carbocycles. The van der Waals surface area contributed by atoms with Crippen LogP contribution < -0.4 is 25.2 Å². The summed E-state index contributed by atoms with van der Waals surface area (Å²) < 4.78 is 32.4. The molecule has 0 bridgehead atoms. The van der Waals surface area contributed by atoms with Gasteiger partial charge in [-0.15, -0.1) is 11.3 Å². The SMILES string of the molecule is C=C(F)C(=O)N1CCN(c2nc(OC[C@@H]3CCCN3CCOCCOCCC(=O)N[C@H](C(=O)N3C[C@H](O)C[C@H]3C(=O)NCc3ccc(-c4scnc4C)cc3)C(C)(C)C)nc3c2CCN(c2cccc4cccc(Cl)c24)C3)C[C@@H]1CC#N. The molecule has 4 aliphatic heterocycles. The minimum atomic E-state index is -1.06. The van der Waals surface area contributed by atoms with Gasteiger partial charge in [-0.05, 0) is 66.8 Å². The van der Waals surface area contributed by atoms with Crippen LogP contribution in [0.15, 0.2) is 78.6 Å². The molecular formula is C60H73ClFN11O8S. The maximum absolute atomic E-state index is 14.1. The number of hydrogen-bond acceptors (Lipinski definition) is 16. The van der Waals surface area contributed by atoms with Crippen LogP contribution in [-0.2, 0) is 48.2 Å². The number of hydrogen-bond donors (Lipinski definition) is 3. The molecule has 3 N–H and O–H groups in total. The third kappa shape index (κ3) is 14.3. The van der Waals surface area contributed by atoms with Gasteiger partial charge >= 0.3 is 6.01 Å². The first-order chi connectivity index (χ1) is 39.5. The highest BCUT2D eigenvalue weighted by Crippen LogP contribution is 2.38. The zero-order chi connectivity index (χ0) is 58.1. The maximum atomic E-state index is 14.1. The third-order valence-corrected chi connectivity index (χ3v) is 17.1. The van der Waals surface area contributed by atoms with E-state index in [9.17, 15) is 33.9 Å². The highest BCUT2D eigenvalue weighted by molar-refractivity contribution is 7.13. The van der Waals surface area contributed by atoms with Crippen molar-refractivity contribution in [2.45, 2.75) is 110 Å². The van der Waals surface area contributed by atoms with Crippen molar-refractivity contribution >= 4 is 68.8 Å². The first kappa shape index (κ1) is 59.8. The van der Waals surface area contributed by atoms with Gasteiger partial charge in [-0.25, -0.2) is 9.37 Å². The van der Waals surface area contributed by atoms with E-state index in [0.717, 1.165) is 68.8 Å². The lowest BCUT2D eigenvalue weighted by molar-refractivity contribution is -0.144. The average molecular weight is 1160 g/mol. The number of ether oxygens (including phenoxy) is 3. The highest BCUT2D eigenvalue weighted by Gasteiger charge is 2.45. The number of aliphatic hydroxyl groups excluding tert-OH is 1. The Bertz CT molecular complexity index is 3150. The number of halogens is 2. The number of anilines is 2. The van der Waals surface area contributed by atoms with E-state index in [2.05, 4.69) is 49.0 Å². The van der Waals surface area contributed by atoms with Gasteiger partial charge in [0.15, 0.2) is 5.83 Å². The van der Waals surface area contributed by atoms with E-state index in [1.54, 1.807) is 11.3 Å². The maximum Gasteiger partial charge on any atom is 0.318 e. The van der Waals surface area contributed by atoms with Crippen molar-refractivity contribution in [3.8, 4) is 22.5 Å². The highest BCUT2D eigenvalue weighted by atomic mass is 35.5. The molecule has 5 aromatic rings. The summed E-state index contributed by atoms with van der Waals surface area (Å²) in [5, 5.41) is 28.9. The molecule has 3 saturated heterocycles. The standard InChI is InChI=1S/C60H73ClFN11O8S/c1-38(62)57(77)72-25-24-71(33-43(72)18-21-63)55-46-19-23-70(49-13-7-10-41-9-6-12-47(61)52(41)49)35-48(46)66-59(68-55)81-36-44-11-8-22-69(44)26-28-80-30-29-79-27-20-51(75)67-54(60(3,4)5)58(78)73-34-45(74)31-50(73)56(76)64-32-40-14-16-42(17-15-40)53-39(2)65-37-82-53/h6-7,9-10,12-17,37,43-45,50,54,74H,1,8,11,18-20,22-36H2,2-5H3,(H,64,76)(H,67,75)/t43-,44-,45+,50-,54+/m0/s1. The lowest BCUT2D eigenvalue weighted by Crippen LogP contribution is -2.57. The van der Waals surface area contributed by atoms with E-state index in [1.165, 1.54) is 9.80 Å². The molecule has 19 nitrogen and oxygen atoms in total. The third-order valence-electron chi connectivity index (χ3n) is 15.8. The van der Waals surface area contributed by atoms with Gasteiger partial charge in [0.05, 0.1) is 84.4 Å². The molecule has 0 saturated carbocycles. The summed E-state index contributed by atoms with van der Waals surface area (Å²) in [7, 11) is 0. The minimum absolute atomic E-state index is 0.00624. The van der Waals surface area contributed by atoms with Crippen molar-refractivity contribution in [1.29, 1.82) is 5.26 Å². The summed E-state index contributed by atoms with van der Waals surface area (Å²) >= 11 is 8.36. The van der Waals surface area contributed by atoms with Crippen LogP contribution in [0, 0.1) is 23.7 Å². The number of aliphatic hydroxyl groups is 1. The number of benzene rings is 3. The Morgan fingerprint density at radius 3 is 2.45 bits per heavy atom. The van der Waals surface area contributed by atoms with Crippen molar-refractivity contribution in [2.24, 2.45) is 5.41 Å². The number of thiazole rings is 1. The molecular weight excluding hydrogens is 1090 g/mol. The number of nitriles is 1. The summed E-state index contributed by atoms with van der Waals surface area (Å²) in [6, 6.07) is 19.9. The smallest absolute Gasteiger partial charge is 0.318 e. The molecule has 82 heavy (non-hydrogen) atoms. The quantitative estimate of drug-likeness (QED) is 0.0481. The van der Waals surface area contributed by atoms with Crippen molar-refractivity contribution < 1.29 is 42.9 Å². The average Bonchev–Trinajstić information content (AvgIpc) is 4.24. The molecule has 3 fully saturated rings. The van der Waals surface area contributed by atoms with Gasteiger partial charge in [-0.1, -0.05) is 87.5 Å². The second-order valence-electron chi connectivity index (χ2n) is 22.5. The minimum Gasteiger partial charge on any atom is -0.462 e. The predicted molar refractivity (Wildman–Crippen MR) is 312 cm³/mol. The van der Waals surface area contributed by atoms with E-state index in [4.69, 9.17) is 35.8 Å². The zero-order valence-corrected chi connectivity index (χ0v) is 48.7. The topological polar surface area (TPSA) is 219 Å². The number of carbonyl (C=O) groups excluding carboxylic acids is 4. The van der Waals surface area contributed by atoms with Crippen LogP contribution >= 0.6 is 22.9 Å². The molecule has 4 amide bonds. The second-order valence-corrected chi connectivity index (χ2v) is 23.7. The fourth-order valence-electron chi connectivity index (χ4n) is 11.4. The van der Waals surface area contributed by atoms with E-state index in [0.29, 0.717) is 63.3 Å². The van der Waals surface area contributed by atoms with Gasteiger partial charge in [0.25, 0.3) is 5.91 Å². The number of nitrogens with one attached hydrogen (secondary N) is 2. The summed E-state index contributed by atoms with van der Waals surface area (Å²) in [5.74, 6) is -2.37. The first-order valence-electron chi connectivity index (χ1n) is 28.1. The number of fused-ring (bicyclic) bond motifs is 2. The molecule has 6 heterocycles. The summed E-state index contributed by atoms with van der Waals surface area (Å²) in [6.45, 7) is 15.9. The largest absolute Gasteiger partial charge is 0.462 e. The normalized spacial score (nSPS) is 19.7. The zero-order valence-electron chi connectivity index (χ0n) is 47.1. The van der Waals surface area contributed by atoms with Crippen molar-refractivity contribution in [2.75, 3.05) is 88.6 Å². The van der Waals surface area contributed by atoms with Gasteiger partial charge in [0.1, 0.15) is 24.5 Å². The number of amides is 4. The predicted octanol–water partition coefficient (Wildman–Crippen LogP) is 6.77. The van der Waals surface area contributed by atoms with Crippen LogP contribution in [0.1, 0.15) is 75.4 Å². The first-order valence-corrected chi connectivity index (χ1v) is 29.4. The van der Waals surface area contributed by atoms with Gasteiger partial charge < -0.3 is 49.6 Å². The van der Waals surface area contributed by atoms with E-state index >= 15 is 0 Å². The number of rotatable bonds is 22. The summed E-state index contributed by atoms with van der Waals surface area (Å²) in [6.07, 6.45) is 1.74. The summed E-state index contributed by atoms with van der Waals surface area (Å²) in [5.41, 5.74) is 6.76. The molecule has 9 rings (SSSR count). The number of carbonyl (C=O) groups is 4. The lowest BCUT2D eigenvalue weighted by atomic mass is 9.85. The number of aryl methyl sites for hydroxylation is 1. The van der Waals surface area contributed by atoms with Gasteiger partial charge in [-0.3, -0.25) is 24.1 Å². The van der Waals surface area contributed by atoms with Crippen LogP contribution in [0.2, 0.25) is 5.02 Å². The van der Waals surface area contributed by atoms with E-state index in [1.807, 2.05) is 87.8 Å². The van der Waals surface area contributed by atoms with Crippen LogP contribution in [-0.4, -0.2) is 168 Å². The van der Waals surface area contributed by atoms with Crippen LogP contribution in [0.5, 0.6) is 6.01 Å². The number of aromatic nitrogens is 3. The van der Waals surface area contributed by atoms with E-state index in [-0.39, 0.29) is 82.5 Å². The Balaban J connectivity index is 0.739. The molecule has 0 radical (unpaired) electrons. The van der Waals surface area contributed by atoms with Crippen molar-refractivity contribution in [3.05, 3.63) is 106 Å². The summed E-state index contributed by atoms with van der Waals surface area (Å²) in [4.78, 5) is 78.6. The monoisotopic (exact) mass is 1160 g/mol. The van der Waals surface area contributed by atoms with Crippen LogP contribution in [0.25, 0.3) is 21.2 Å². The second kappa shape index (κ2) is 27.1. The molecule has 0 unspecified atom stereocenters. The fraction of sp³-hybridized carbons (Fsp3) is 0.500. The van der Waals surface area contributed by atoms with Crippen molar-refractivity contribution in [3.63, 3.8) is 0 Å². The van der Waals surface area contributed by atoms with Crippen LogP contribution in [0.4, 0.5) is 15.9 Å². The van der Waals surface area contributed by atoms with Gasteiger partial charge in [0, 0.05) is 81.3 Å².